The molecule has 0 aliphatic rings. The van der Waals surface area contributed by atoms with Crippen LogP contribution in [-0.2, 0) is 11.2 Å². The molecule has 4 heteroatoms. The van der Waals surface area contributed by atoms with E-state index in [-0.39, 0.29) is 0 Å². The molecule has 4 nitrogen and oxygen atoms in total. The number of nitrogens with one attached hydrogen (secondary N) is 1. The van der Waals surface area contributed by atoms with Crippen molar-refractivity contribution in [3.8, 4) is 0 Å². The van der Waals surface area contributed by atoms with Crippen LogP contribution < -0.4 is 11.1 Å². The van der Waals surface area contributed by atoms with Crippen LogP contribution >= 0.6 is 0 Å². The van der Waals surface area contributed by atoms with E-state index >= 15 is 0 Å². The van der Waals surface area contributed by atoms with Crippen LogP contribution in [0.15, 0.2) is 23.2 Å². The molecule has 0 aliphatic heterocycles. The average molecular weight is 249 g/mol. The maximum atomic E-state index is 5.74. The predicted molar refractivity (Wildman–Crippen MR) is 76.0 cm³/mol. The zero-order valence-electron chi connectivity index (χ0n) is 11.5. The van der Waals surface area contributed by atoms with E-state index in [9.17, 15) is 0 Å². The third kappa shape index (κ3) is 4.75. The summed E-state index contributed by atoms with van der Waals surface area (Å²) in [6, 6.07) is 6.36. The van der Waals surface area contributed by atoms with E-state index in [0.717, 1.165) is 13.0 Å². The summed E-state index contributed by atoms with van der Waals surface area (Å²) in [7, 11) is 1.65. The first-order chi connectivity index (χ1) is 8.65. The topological polar surface area (TPSA) is 59.6 Å². The molecule has 0 aromatic heterocycles. The Morgan fingerprint density at radius 1 is 1.33 bits per heavy atom. The first-order valence-corrected chi connectivity index (χ1v) is 6.23. The SMILES string of the molecule is COCCN=C(N)NCCc1c(C)cccc1C. The highest BCUT2D eigenvalue weighted by atomic mass is 16.5. The molecule has 1 aromatic rings. The normalized spacial score (nSPS) is 11.6. The molecule has 3 N–H and O–H groups in total. The number of hydrogen-bond acceptors (Lipinski definition) is 2. The number of nitrogens with zero attached hydrogens (tertiary/aromatic N) is 1. The largest absolute Gasteiger partial charge is 0.383 e. The molecule has 1 aromatic carbocycles. The number of ether oxygens (including phenoxy) is 1. The second-order valence-electron chi connectivity index (χ2n) is 4.31. The first kappa shape index (κ1) is 14.5. The Hall–Kier alpha value is -1.55. The van der Waals surface area contributed by atoms with Crippen LogP contribution in [0.25, 0.3) is 0 Å². The van der Waals surface area contributed by atoms with Crippen molar-refractivity contribution in [1.29, 1.82) is 0 Å². The summed E-state index contributed by atoms with van der Waals surface area (Å²) < 4.78 is 4.91. The number of nitrogens with two attached hydrogens (primary N) is 1. The molecule has 0 amide bonds. The van der Waals surface area contributed by atoms with E-state index < -0.39 is 0 Å². The quantitative estimate of drug-likeness (QED) is 0.455. The van der Waals surface area contributed by atoms with Gasteiger partial charge in [-0.2, -0.15) is 0 Å². The standard InChI is InChI=1S/C14H23N3O/c1-11-5-4-6-12(2)13(11)7-8-16-14(15)17-9-10-18-3/h4-6H,7-10H2,1-3H3,(H3,15,16,17). The molecular weight excluding hydrogens is 226 g/mol. The fourth-order valence-corrected chi connectivity index (χ4v) is 1.87. The van der Waals surface area contributed by atoms with Crippen LogP contribution in [0.1, 0.15) is 16.7 Å². The number of hydrogen-bond donors (Lipinski definition) is 2. The summed E-state index contributed by atoms with van der Waals surface area (Å²) in [5.74, 6) is 0.485. The van der Waals surface area contributed by atoms with Crippen molar-refractivity contribution in [3.63, 3.8) is 0 Å². The van der Waals surface area contributed by atoms with Crippen molar-refractivity contribution in [2.45, 2.75) is 20.3 Å². The minimum absolute atomic E-state index is 0.485. The number of benzene rings is 1. The third-order valence-electron chi connectivity index (χ3n) is 2.90. The van der Waals surface area contributed by atoms with Crippen LogP contribution in [0.2, 0.25) is 0 Å². The van der Waals surface area contributed by atoms with Gasteiger partial charge >= 0.3 is 0 Å². The summed E-state index contributed by atoms with van der Waals surface area (Å²) in [4.78, 5) is 4.15. The second kappa shape index (κ2) is 7.71. The fourth-order valence-electron chi connectivity index (χ4n) is 1.87. The van der Waals surface area contributed by atoms with Gasteiger partial charge in [-0.15, -0.1) is 0 Å². The zero-order valence-corrected chi connectivity index (χ0v) is 11.5. The van der Waals surface area contributed by atoms with Gasteiger partial charge in [-0.05, 0) is 37.0 Å². The lowest BCUT2D eigenvalue weighted by Gasteiger charge is -2.10. The lowest BCUT2D eigenvalue weighted by Crippen LogP contribution is -2.33. The van der Waals surface area contributed by atoms with E-state index in [1.54, 1.807) is 7.11 Å². The maximum absolute atomic E-state index is 5.74. The Morgan fingerprint density at radius 2 is 2.00 bits per heavy atom. The van der Waals surface area contributed by atoms with Gasteiger partial charge in [-0.3, -0.25) is 4.99 Å². The number of aliphatic imine (C=N–C) groups is 1. The van der Waals surface area contributed by atoms with Crippen LogP contribution in [0.3, 0.4) is 0 Å². The molecule has 0 aliphatic carbocycles. The zero-order chi connectivity index (χ0) is 13.4. The van der Waals surface area contributed by atoms with Gasteiger partial charge in [0.1, 0.15) is 0 Å². The number of aryl methyl sites for hydroxylation is 2. The molecule has 0 spiro atoms. The summed E-state index contributed by atoms with van der Waals surface area (Å²) >= 11 is 0. The Kier molecular flexibility index (Phi) is 6.22. The molecule has 0 saturated heterocycles. The fraction of sp³-hybridized carbons (Fsp3) is 0.500. The summed E-state index contributed by atoms with van der Waals surface area (Å²) in [5, 5.41) is 3.12. The van der Waals surface area contributed by atoms with Gasteiger partial charge in [-0.1, -0.05) is 18.2 Å². The molecule has 18 heavy (non-hydrogen) atoms. The van der Waals surface area contributed by atoms with Crippen molar-refractivity contribution in [1.82, 2.24) is 5.32 Å². The molecule has 0 bridgehead atoms. The minimum atomic E-state index is 0.485. The average Bonchev–Trinajstić information content (AvgIpc) is 2.33. The van der Waals surface area contributed by atoms with Gasteiger partial charge in [0.15, 0.2) is 5.96 Å². The Labute approximate surface area is 109 Å². The van der Waals surface area contributed by atoms with E-state index in [2.05, 4.69) is 42.4 Å². The predicted octanol–water partition coefficient (Wildman–Crippen LogP) is 1.40. The molecular formula is C14H23N3O. The van der Waals surface area contributed by atoms with E-state index in [0.29, 0.717) is 19.1 Å². The van der Waals surface area contributed by atoms with Crippen LogP contribution in [0, 0.1) is 13.8 Å². The van der Waals surface area contributed by atoms with Gasteiger partial charge in [0, 0.05) is 13.7 Å². The number of rotatable bonds is 6. The van der Waals surface area contributed by atoms with Crippen LogP contribution in [0.5, 0.6) is 0 Å². The van der Waals surface area contributed by atoms with Gasteiger partial charge < -0.3 is 15.8 Å². The second-order valence-corrected chi connectivity index (χ2v) is 4.31. The highest BCUT2D eigenvalue weighted by Gasteiger charge is 2.01. The molecule has 0 radical (unpaired) electrons. The molecule has 1 rings (SSSR count). The molecule has 100 valence electrons. The van der Waals surface area contributed by atoms with Crippen molar-refractivity contribution in [2.24, 2.45) is 10.7 Å². The molecule has 0 unspecified atom stereocenters. The molecule has 0 atom stereocenters. The Bertz CT molecular complexity index is 382. The van der Waals surface area contributed by atoms with E-state index in [1.807, 2.05) is 0 Å². The minimum Gasteiger partial charge on any atom is -0.383 e. The summed E-state index contributed by atoms with van der Waals surface area (Å²) in [5.41, 5.74) is 9.77. The van der Waals surface area contributed by atoms with Gasteiger partial charge in [0.2, 0.25) is 0 Å². The van der Waals surface area contributed by atoms with Gasteiger partial charge in [0.25, 0.3) is 0 Å². The summed E-state index contributed by atoms with van der Waals surface area (Å²) in [6.45, 7) is 6.27. The number of methoxy groups -OCH3 is 1. The van der Waals surface area contributed by atoms with Crippen molar-refractivity contribution in [3.05, 3.63) is 34.9 Å². The number of guanidine groups is 1. The van der Waals surface area contributed by atoms with Crippen LogP contribution in [-0.4, -0.2) is 32.8 Å². The van der Waals surface area contributed by atoms with Gasteiger partial charge in [0.05, 0.1) is 13.2 Å². The van der Waals surface area contributed by atoms with Crippen molar-refractivity contribution < 1.29 is 4.74 Å². The van der Waals surface area contributed by atoms with E-state index in [4.69, 9.17) is 10.5 Å². The Balaban J connectivity index is 2.40. The highest BCUT2D eigenvalue weighted by molar-refractivity contribution is 5.77. The van der Waals surface area contributed by atoms with Crippen molar-refractivity contribution >= 4 is 5.96 Å². The lowest BCUT2D eigenvalue weighted by atomic mass is 10.0. The maximum Gasteiger partial charge on any atom is 0.188 e. The van der Waals surface area contributed by atoms with E-state index in [1.165, 1.54) is 16.7 Å². The highest BCUT2D eigenvalue weighted by Crippen LogP contribution is 2.13. The monoisotopic (exact) mass is 249 g/mol. The van der Waals surface area contributed by atoms with Gasteiger partial charge in [-0.25, -0.2) is 0 Å². The first-order valence-electron chi connectivity index (χ1n) is 6.23. The lowest BCUT2D eigenvalue weighted by molar-refractivity contribution is 0.208. The molecule has 0 saturated carbocycles. The van der Waals surface area contributed by atoms with Crippen LogP contribution in [0.4, 0.5) is 0 Å². The third-order valence-corrected chi connectivity index (χ3v) is 2.90. The summed E-state index contributed by atoms with van der Waals surface area (Å²) in [6.07, 6.45) is 0.957. The molecule has 0 heterocycles. The Morgan fingerprint density at radius 3 is 2.61 bits per heavy atom. The van der Waals surface area contributed by atoms with Crippen molar-refractivity contribution in [2.75, 3.05) is 26.8 Å². The smallest absolute Gasteiger partial charge is 0.188 e. The molecule has 0 fully saturated rings.